The van der Waals surface area contributed by atoms with Crippen LogP contribution in [0.1, 0.15) is 30.3 Å². The molecular weight excluding hydrogens is 290 g/mol. The molecule has 0 saturated carbocycles. The zero-order chi connectivity index (χ0) is 16.1. The summed E-state index contributed by atoms with van der Waals surface area (Å²) in [7, 11) is 3.76. The maximum atomic E-state index is 5.52. The van der Waals surface area contributed by atoms with Crippen molar-refractivity contribution >= 4 is 0 Å². The molecule has 2 heterocycles. The number of rotatable bonds is 6. The number of hydrogen-bond donors (Lipinski definition) is 1. The molecule has 5 heteroatoms. The summed E-state index contributed by atoms with van der Waals surface area (Å²) in [6, 6.07) is 8.44. The van der Waals surface area contributed by atoms with Gasteiger partial charge in [-0.15, -0.1) is 0 Å². The molecule has 1 aromatic carbocycles. The van der Waals surface area contributed by atoms with Gasteiger partial charge in [0.05, 0.1) is 13.2 Å². The summed E-state index contributed by atoms with van der Waals surface area (Å²) in [5, 5.41) is 3.71. The Morgan fingerprint density at radius 3 is 2.91 bits per heavy atom. The topological polar surface area (TPSA) is 48.3 Å². The third kappa shape index (κ3) is 3.92. The van der Waals surface area contributed by atoms with Gasteiger partial charge in [0.2, 0.25) is 0 Å². The minimum absolute atomic E-state index is 0.241. The number of aryl methyl sites for hydroxylation is 1. The highest BCUT2D eigenvalue weighted by atomic mass is 16.5. The zero-order valence-corrected chi connectivity index (χ0v) is 13.9. The summed E-state index contributed by atoms with van der Waals surface area (Å²) >= 11 is 0. The Morgan fingerprint density at radius 1 is 1.39 bits per heavy atom. The average Bonchev–Trinajstić information content (AvgIpc) is 3.02. The summed E-state index contributed by atoms with van der Waals surface area (Å²) in [6.07, 6.45) is 6.02. The number of ether oxygens (including phenoxy) is 2. The second-order valence-electron chi connectivity index (χ2n) is 6.06. The van der Waals surface area contributed by atoms with Gasteiger partial charge in [-0.1, -0.05) is 12.1 Å². The second-order valence-corrected chi connectivity index (χ2v) is 6.06. The highest BCUT2D eigenvalue weighted by Crippen LogP contribution is 2.29. The van der Waals surface area contributed by atoms with Crippen molar-refractivity contribution in [1.29, 1.82) is 0 Å². The second kappa shape index (κ2) is 7.62. The number of aromatic nitrogens is 2. The van der Waals surface area contributed by atoms with E-state index >= 15 is 0 Å². The van der Waals surface area contributed by atoms with Crippen molar-refractivity contribution in [3.63, 3.8) is 0 Å². The highest BCUT2D eigenvalue weighted by Gasteiger charge is 2.27. The van der Waals surface area contributed by atoms with Crippen molar-refractivity contribution < 1.29 is 9.47 Å². The van der Waals surface area contributed by atoms with Gasteiger partial charge in [-0.05, 0) is 36.5 Å². The van der Waals surface area contributed by atoms with Gasteiger partial charge in [0, 0.05) is 39.2 Å². The van der Waals surface area contributed by atoms with Gasteiger partial charge in [0.1, 0.15) is 11.6 Å². The Hall–Kier alpha value is -1.85. The maximum absolute atomic E-state index is 5.52. The molecule has 5 nitrogen and oxygen atoms in total. The van der Waals surface area contributed by atoms with Crippen LogP contribution >= 0.6 is 0 Å². The Kier molecular flexibility index (Phi) is 5.31. The fourth-order valence-corrected chi connectivity index (χ4v) is 3.20. The van der Waals surface area contributed by atoms with E-state index in [1.165, 1.54) is 5.56 Å². The van der Waals surface area contributed by atoms with Gasteiger partial charge >= 0.3 is 0 Å². The number of benzene rings is 1. The molecule has 23 heavy (non-hydrogen) atoms. The van der Waals surface area contributed by atoms with Crippen molar-refractivity contribution in [3.8, 4) is 5.75 Å². The summed E-state index contributed by atoms with van der Waals surface area (Å²) in [5.41, 5.74) is 1.22. The van der Waals surface area contributed by atoms with Gasteiger partial charge in [0.25, 0.3) is 0 Å². The van der Waals surface area contributed by atoms with E-state index in [0.29, 0.717) is 5.92 Å². The molecule has 0 amide bonds. The summed E-state index contributed by atoms with van der Waals surface area (Å²) < 4.78 is 12.9. The molecule has 0 bridgehead atoms. The lowest BCUT2D eigenvalue weighted by molar-refractivity contribution is 0.0518. The summed E-state index contributed by atoms with van der Waals surface area (Å²) in [6.45, 7) is 2.48. The molecule has 0 unspecified atom stereocenters. The van der Waals surface area contributed by atoms with Crippen LogP contribution < -0.4 is 10.1 Å². The molecule has 1 atom stereocenters. The van der Waals surface area contributed by atoms with Crippen molar-refractivity contribution in [2.45, 2.75) is 25.4 Å². The molecule has 3 rings (SSSR count). The predicted octanol–water partition coefficient (Wildman–Crippen LogP) is 2.69. The van der Waals surface area contributed by atoms with E-state index in [2.05, 4.69) is 34.0 Å². The SMILES string of the molecule is COc1cccc(CN[C@@H](c2nccn2C)C2CCOCC2)c1. The maximum Gasteiger partial charge on any atom is 0.125 e. The fraction of sp³-hybridized carbons (Fsp3) is 0.500. The van der Waals surface area contributed by atoms with E-state index in [0.717, 1.165) is 44.2 Å². The minimum atomic E-state index is 0.241. The fourth-order valence-electron chi connectivity index (χ4n) is 3.20. The lowest BCUT2D eigenvalue weighted by Gasteiger charge is -2.30. The molecule has 0 radical (unpaired) electrons. The third-order valence-corrected chi connectivity index (χ3v) is 4.53. The Bertz CT molecular complexity index is 620. The molecule has 1 aliphatic heterocycles. The first-order valence-electron chi connectivity index (χ1n) is 8.19. The molecule has 1 N–H and O–H groups in total. The van der Waals surface area contributed by atoms with Crippen molar-refractivity contribution in [3.05, 3.63) is 48.0 Å². The van der Waals surface area contributed by atoms with Crippen LogP contribution in [-0.4, -0.2) is 29.9 Å². The van der Waals surface area contributed by atoms with E-state index in [1.54, 1.807) is 7.11 Å². The first-order chi connectivity index (χ1) is 11.3. The Morgan fingerprint density at radius 2 is 2.22 bits per heavy atom. The number of nitrogens with one attached hydrogen (secondary N) is 1. The predicted molar refractivity (Wildman–Crippen MR) is 89.3 cm³/mol. The number of methoxy groups -OCH3 is 1. The molecule has 1 saturated heterocycles. The van der Waals surface area contributed by atoms with Gasteiger partial charge < -0.3 is 19.4 Å². The number of hydrogen-bond acceptors (Lipinski definition) is 4. The minimum Gasteiger partial charge on any atom is -0.497 e. The molecule has 0 aliphatic carbocycles. The monoisotopic (exact) mass is 315 g/mol. The Balaban J connectivity index is 1.74. The van der Waals surface area contributed by atoms with Crippen LogP contribution in [0.2, 0.25) is 0 Å². The number of nitrogens with zero attached hydrogens (tertiary/aromatic N) is 2. The van der Waals surface area contributed by atoms with E-state index in [9.17, 15) is 0 Å². The van der Waals surface area contributed by atoms with Crippen LogP contribution in [0.25, 0.3) is 0 Å². The van der Waals surface area contributed by atoms with E-state index in [-0.39, 0.29) is 6.04 Å². The van der Waals surface area contributed by atoms with Crippen LogP contribution in [0, 0.1) is 5.92 Å². The van der Waals surface area contributed by atoms with E-state index < -0.39 is 0 Å². The lowest BCUT2D eigenvalue weighted by atomic mass is 9.91. The molecule has 0 spiro atoms. The summed E-state index contributed by atoms with van der Waals surface area (Å²) in [5.74, 6) is 2.54. The largest absolute Gasteiger partial charge is 0.497 e. The van der Waals surface area contributed by atoms with Crippen LogP contribution in [0.3, 0.4) is 0 Å². The van der Waals surface area contributed by atoms with Crippen LogP contribution in [0.4, 0.5) is 0 Å². The van der Waals surface area contributed by atoms with Crippen LogP contribution in [-0.2, 0) is 18.3 Å². The first-order valence-corrected chi connectivity index (χ1v) is 8.19. The van der Waals surface area contributed by atoms with Crippen molar-refractivity contribution in [2.24, 2.45) is 13.0 Å². The molecule has 124 valence electrons. The van der Waals surface area contributed by atoms with Gasteiger partial charge in [-0.3, -0.25) is 0 Å². The van der Waals surface area contributed by atoms with Crippen molar-refractivity contribution in [2.75, 3.05) is 20.3 Å². The van der Waals surface area contributed by atoms with Gasteiger partial charge in [-0.25, -0.2) is 4.98 Å². The Labute approximate surface area is 137 Å². The molecule has 2 aromatic rings. The smallest absolute Gasteiger partial charge is 0.125 e. The van der Waals surface area contributed by atoms with Crippen LogP contribution in [0.15, 0.2) is 36.7 Å². The highest BCUT2D eigenvalue weighted by molar-refractivity contribution is 5.28. The third-order valence-electron chi connectivity index (χ3n) is 4.53. The molecule has 1 aromatic heterocycles. The van der Waals surface area contributed by atoms with E-state index in [1.807, 2.05) is 24.5 Å². The lowest BCUT2D eigenvalue weighted by Crippen LogP contribution is -2.33. The van der Waals surface area contributed by atoms with Crippen LogP contribution in [0.5, 0.6) is 5.75 Å². The normalized spacial score (nSPS) is 17.1. The quantitative estimate of drug-likeness (QED) is 0.890. The van der Waals surface area contributed by atoms with Gasteiger partial charge in [-0.2, -0.15) is 0 Å². The zero-order valence-electron chi connectivity index (χ0n) is 13.9. The summed E-state index contributed by atoms with van der Waals surface area (Å²) in [4.78, 5) is 4.57. The van der Waals surface area contributed by atoms with Crippen molar-refractivity contribution in [1.82, 2.24) is 14.9 Å². The number of imidazole rings is 1. The van der Waals surface area contributed by atoms with E-state index in [4.69, 9.17) is 9.47 Å². The first kappa shape index (κ1) is 16.0. The standard InChI is InChI=1S/C18H25N3O2/c1-21-9-8-19-18(21)17(15-6-10-23-11-7-15)20-13-14-4-3-5-16(12-14)22-2/h3-5,8-9,12,15,17,20H,6-7,10-11,13H2,1-2H3/t17-/m1/s1. The molecular formula is C18H25N3O2. The average molecular weight is 315 g/mol. The van der Waals surface area contributed by atoms with Gasteiger partial charge in [0.15, 0.2) is 0 Å². The molecule has 1 fully saturated rings. The molecule has 1 aliphatic rings.